The summed E-state index contributed by atoms with van der Waals surface area (Å²) in [5, 5.41) is 12.2. The number of nitrogens with zero attached hydrogens (tertiary/aromatic N) is 1. The van der Waals surface area contributed by atoms with E-state index < -0.39 is 0 Å². The first-order chi connectivity index (χ1) is 9.20. The second-order valence-corrected chi connectivity index (χ2v) is 4.65. The molecule has 0 aliphatic carbocycles. The molecular weight excluding hydrogens is 285 g/mol. The monoisotopic (exact) mass is 295 g/mol. The van der Waals surface area contributed by atoms with Crippen molar-refractivity contribution in [1.29, 1.82) is 0 Å². The Kier molecular flexibility index (Phi) is 4.66. The number of hydrogen-bond donors (Lipinski definition) is 1. The van der Waals surface area contributed by atoms with Gasteiger partial charge in [0.1, 0.15) is 6.61 Å². The quantitative estimate of drug-likeness (QED) is 0.517. The molecule has 2 rings (SSSR count). The SMILES string of the molecule is ON=Cc1cc(Cl)c(OCc2ccccc2)c(Cl)c1. The van der Waals surface area contributed by atoms with Crippen molar-refractivity contribution in [2.24, 2.45) is 5.16 Å². The van der Waals surface area contributed by atoms with Crippen LogP contribution in [0.4, 0.5) is 0 Å². The molecule has 5 heteroatoms. The Morgan fingerprint density at radius 1 is 1.11 bits per heavy atom. The Bertz CT molecular complexity index is 562. The van der Waals surface area contributed by atoms with E-state index in [1.54, 1.807) is 12.1 Å². The van der Waals surface area contributed by atoms with Gasteiger partial charge in [0.2, 0.25) is 0 Å². The molecule has 0 amide bonds. The smallest absolute Gasteiger partial charge is 0.157 e. The molecule has 2 aromatic carbocycles. The molecule has 0 aliphatic heterocycles. The van der Waals surface area contributed by atoms with E-state index in [1.807, 2.05) is 30.3 Å². The average Bonchev–Trinajstić information content (AvgIpc) is 2.39. The number of ether oxygens (including phenoxy) is 1. The van der Waals surface area contributed by atoms with Gasteiger partial charge in [0.15, 0.2) is 5.75 Å². The van der Waals surface area contributed by atoms with Crippen molar-refractivity contribution < 1.29 is 9.94 Å². The fourth-order valence-electron chi connectivity index (χ4n) is 1.59. The van der Waals surface area contributed by atoms with Crippen molar-refractivity contribution in [3.8, 4) is 5.75 Å². The third kappa shape index (κ3) is 3.63. The second-order valence-electron chi connectivity index (χ2n) is 3.83. The molecule has 1 N–H and O–H groups in total. The van der Waals surface area contributed by atoms with E-state index >= 15 is 0 Å². The van der Waals surface area contributed by atoms with Crippen LogP contribution in [0.15, 0.2) is 47.6 Å². The molecule has 19 heavy (non-hydrogen) atoms. The molecule has 0 saturated carbocycles. The van der Waals surface area contributed by atoms with Gasteiger partial charge in [-0.15, -0.1) is 0 Å². The lowest BCUT2D eigenvalue weighted by atomic mass is 10.2. The molecule has 0 unspecified atom stereocenters. The predicted molar refractivity (Wildman–Crippen MR) is 76.6 cm³/mol. The van der Waals surface area contributed by atoms with Crippen LogP contribution in [0, 0.1) is 0 Å². The summed E-state index contributed by atoms with van der Waals surface area (Å²) in [5.74, 6) is 0.419. The highest BCUT2D eigenvalue weighted by Crippen LogP contribution is 2.34. The largest absolute Gasteiger partial charge is 0.486 e. The lowest BCUT2D eigenvalue weighted by Crippen LogP contribution is -1.97. The van der Waals surface area contributed by atoms with Crippen molar-refractivity contribution in [2.45, 2.75) is 6.61 Å². The summed E-state index contributed by atoms with van der Waals surface area (Å²) in [6.45, 7) is 0.383. The predicted octanol–water partition coefficient (Wildman–Crippen LogP) is 4.38. The highest BCUT2D eigenvalue weighted by Gasteiger charge is 2.09. The zero-order valence-corrected chi connectivity index (χ0v) is 11.4. The van der Waals surface area contributed by atoms with E-state index in [2.05, 4.69) is 5.16 Å². The standard InChI is InChI=1S/C14H11Cl2NO2/c15-12-6-11(8-17-18)7-13(16)14(12)19-9-10-4-2-1-3-5-10/h1-8,18H,9H2. The van der Waals surface area contributed by atoms with Crippen LogP contribution in [0.3, 0.4) is 0 Å². The Morgan fingerprint density at radius 3 is 2.32 bits per heavy atom. The summed E-state index contributed by atoms with van der Waals surface area (Å²) in [5.41, 5.74) is 1.63. The van der Waals surface area contributed by atoms with Gasteiger partial charge in [0, 0.05) is 0 Å². The topological polar surface area (TPSA) is 41.8 Å². The van der Waals surface area contributed by atoms with Crippen molar-refractivity contribution in [3.63, 3.8) is 0 Å². The molecule has 3 nitrogen and oxygen atoms in total. The average molecular weight is 296 g/mol. The van der Waals surface area contributed by atoms with Crippen LogP contribution >= 0.6 is 23.2 Å². The van der Waals surface area contributed by atoms with E-state index in [4.69, 9.17) is 33.1 Å². The van der Waals surface area contributed by atoms with Crippen LogP contribution in [0.25, 0.3) is 0 Å². The highest BCUT2D eigenvalue weighted by atomic mass is 35.5. The van der Waals surface area contributed by atoms with Crippen LogP contribution in [-0.4, -0.2) is 11.4 Å². The van der Waals surface area contributed by atoms with Crippen molar-refractivity contribution in [3.05, 3.63) is 63.6 Å². The number of hydrogen-bond acceptors (Lipinski definition) is 3. The fraction of sp³-hybridized carbons (Fsp3) is 0.0714. The maximum Gasteiger partial charge on any atom is 0.157 e. The number of rotatable bonds is 4. The van der Waals surface area contributed by atoms with Crippen molar-refractivity contribution in [2.75, 3.05) is 0 Å². The molecular formula is C14H11Cl2NO2. The van der Waals surface area contributed by atoms with Gasteiger partial charge in [-0.05, 0) is 23.3 Å². The second kappa shape index (κ2) is 6.45. The summed E-state index contributed by atoms with van der Waals surface area (Å²) in [4.78, 5) is 0. The zero-order chi connectivity index (χ0) is 13.7. The van der Waals surface area contributed by atoms with Gasteiger partial charge >= 0.3 is 0 Å². The molecule has 0 aromatic heterocycles. The van der Waals surface area contributed by atoms with Gasteiger partial charge in [-0.25, -0.2) is 0 Å². The molecule has 0 saturated heterocycles. The Hall–Kier alpha value is -1.71. The summed E-state index contributed by atoms with van der Waals surface area (Å²) in [6.07, 6.45) is 1.25. The Morgan fingerprint density at radius 2 is 1.74 bits per heavy atom. The van der Waals surface area contributed by atoms with Crippen LogP contribution in [0.5, 0.6) is 5.75 Å². The molecule has 0 aliphatic rings. The zero-order valence-electron chi connectivity index (χ0n) is 9.88. The third-order valence-corrected chi connectivity index (χ3v) is 3.01. The molecule has 0 spiro atoms. The summed E-state index contributed by atoms with van der Waals surface area (Å²) in [6, 6.07) is 12.9. The molecule has 0 atom stereocenters. The maximum atomic E-state index is 8.47. The summed E-state index contributed by atoms with van der Waals surface area (Å²) >= 11 is 12.2. The first-order valence-electron chi connectivity index (χ1n) is 5.54. The fourth-order valence-corrected chi connectivity index (χ4v) is 2.20. The molecule has 0 fully saturated rings. The van der Waals surface area contributed by atoms with Crippen molar-refractivity contribution >= 4 is 29.4 Å². The molecule has 0 radical (unpaired) electrons. The Labute approximate surface area is 121 Å². The van der Waals surface area contributed by atoms with Crippen molar-refractivity contribution in [1.82, 2.24) is 0 Å². The van der Waals surface area contributed by atoms with Gasteiger partial charge in [-0.2, -0.15) is 0 Å². The summed E-state index contributed by atoms with van der Waals surface area (Å²) < 4.78 is 5.62. The third-order valence-electron chi connectivity index (χ3n) is 2.45. The first-order valence-corrected chi connectivity index (χ1v) is 6.29. The minimum atomic E-state index is 0.373. The highest BCUT2D eigenvalue weighted by molar-refractivity contribution is 6.37. The van der Waals surface area contributed by atoms with E-state index in [0.717, 1.165) is 5.56 Å². The van der Waals surface area contributed by atoms with E-state index in [9.17, 15) is 0 Å². The van der Waals surface area contributed by atoms with E-state index in [-0.39, 0.29) is 0 Å². The summed E-state index contributed by atoms with van der Waals surface area (Å²) in [7, 11) is 0. The minimum Gasteiger partial charge on any atom is -0.486 e. The van der Waals surface area contributed by atoms with E-state index in [1.165, 1.54) is 6.21 Å². The number of halogens is 2. The number of benzene rings is 2. The lowest BCUT2D eigenvalue weighted by molar-refractivity contribution is 0.306. The molecule has 2 aromatic rings. The maximum absolute atomic E-state index is 8.47. The number of oxime groups is 1. The molecule has 0 bridgehead atoms. The van der Waals surface area contributed by atoms with Gasteiger partial charge in [-0.3, -0.25) is 0 Å². The van der Waals surface area contributed by atoms with Crippen LogP contribution in [0.2, 0.25) is 10.0 Å². The van der Waals surface area contributed by atoms with Gasteiger partial charge in [-0.1, -0.05) is 58.7 Å². The minimum absolute atomic E-state index is 0.373. The molecule has 0 heterocycles. The van der Waals surface area contributed by atoms with Crippen LogP contribution < -0.4 is 4.74 Å². The van der Waals surface area contributed by atoms with Crippen LogP contribution in [-0.2, 0) is 6.61 Å². The van der Waals surface area contributed by atoms with Crippen LogP contribution in [0.1, 0.15) is 11.1 Å². The lowest BCUT2D eigenvalue weighted by Gasteiger charge is -2.10. The normalized spacial score (nSPS) is 10.8. The van der Waals surface area contributed by atoms with Gasteiger partial charge < -0.3 is 9.94 Å². The first kappa shape index (κ1) is 13.7. The van der Waals surface area contributed by atoms with E-state index in [0.29, 0.717) is 28.0 Å². The van der Waals surface area contributed by atoms with Gasteiger partial charge in [0.05, 0.1) is 16.3 Å². The molecule has 98 valence electrons. The Balaban J connectivity index is 2.17. The van der Waals surface area contributed by atoms with Gasteiger partial charge in [0.25, 0.3) is 0 Å².